The number of carbonyl (C=O) groups is 2. The highest BCUT2D eigenvalue weighted by molar-refractivity contribution is 7.09. The Morgan fingerprint density at radius 2 is 1.83 bits per heavy atom. The van der Waals surface area contributed by atoms with Crippen molar-refractivity contribution in [3.63, 3.8) is 0 Å². The van der Waals surface area contributed by atoms with Crippen LogP contribution in [0.3, 0.4) is 0 Å². The molecule has 0 spiro atoms. The van der Waals surface area contributed by atoms with Gasteiger partial charge in [-0.15, -0.1) is 11.3 Å². The van der Waals surface area contributed by atoms with Crippen LogP contribution in [0.4, 0.5) is 0 Å². The van der Waals surface area contributed by atoms with Gasteiger partial charge in [0.2, 0.25) is 0 Å². The quantitative estimate of drug-likeness (QED) is 0.849. The van der Waals surface area contributed by atoms with Gasteiger partial charge in [0.1, 0.15) is 5.69 Å². The summed E-state index contributed by atoms with van der Waals surface area (Å²) in [6, 6.07) is 8.51. The molecule has 1 amide bonds. The zero-order valence-corrected chi connectivity index (χ0v) is 14.1. The number of thiazole rings is 1. The highest BCUT2D eigenvalue weighted by Crippen LogP contribution is 2.24. The van der Waals surface area contributed by atoms with Crippen molar-refractivity contribution in [2.24, 2.45) is 5.92 Å². The summed E-state index contributed by atoms with van der Waals surface area (Å²) in [5, 5.41) is 14.7. The zero-order valence-electron chi connectivity index (χ0n) is 13.3. The molecule has 1 aromatic heterocycles. The summed E-state index contributed by atoms with van der Waals surface area (Å²) in [5.74, 6) is -1.80. The van der Waals surface area contributed by atoms with Crippen LogP contribution in [0.1, 0.15) is 53.8 Å². The van der Waals surface area contributed by atoms with Gasteiger partial charge < -0.3 is 10.4 Å². The van der Waals surface area contributed by atoms with Gasteiger partial charge in [0, 0.05) is 11.3 Å². The monoisotopic (exact) mass is 332 g/mol. The van der Waals surface area contributed by atoms with E-state index in [0.29, 0.717) is 5.69 Å². The van der Waals surface area contributed by atoms with E-state index in [1.54, 1.807) is 12.3 Å². The smallest absolute Gasteiger partial charge is 0.308 e. The molecule has 0 aliphatic heterocycles. The van der Waals surface area contributed by atoms with Crippen LogP contribution in [0, 0.1) is 5.92 Å². The first-order valence-electron chi connectivity index (χ1n) is 7.44. The number of benzene rings is 1. The summed E-state index contributed by atoms with van der Waals surface area (Å²) in [5.41, 5.74) is 1.09. The number of carboxylic acids is 1. The van der Waals surface area contributed by atoms with Crippen LogP contribution in [0.25, 0.3) is 0 Å². The second-order valence-corrected chi connectivity index (χ2v) is 6.60. The van der Waals surface area contributed by atoms with Crippen LogP contribution in [-0.2, 0) is 4.79 Å². The number of hydrogen-bond acceptors (Lipinski definition) is 4. The number of carbonyl (C=O) groups excluding carboxylic acids is 1. The molecule has 1 heterocycles. The fraction of sp³-hybridized carbons (Fsp3) is 0.353. The Hall–Kier alpha value is -2.21. The molecular weight excluding hydrogens is 312 g/mol. The first-order valence-corrected chi connectivity index (χ1v) is 8.32. The van der Waals surface area contributed by atoms with Gasteiger partial charge in [0.05, 0.1) is 17.0 Å². The number of hydrogen-bond donors (Lipinski definition) is 2. The molecule has 2 N–H and O–H groups in total. The largest absolute Gasteiger partial charge is 0.481 e. The molecule has 2 unspecified atom stereocenters. The van der Waals surface area contributed by atoms with Gasteiger partial charge in [-0.3, -0.25) is 9.59 Å². The molecule has 2 atom stereocenters. The van der Waals surface area contributed by atoms with Gasteiger partial charge in [-0.2, -0.15) is 0 Å². The van der Waals surface area contributed by atoms with Crippen molar-refractivity contribution in [1.82, 2.24) is 10.3 Å². The third-order valence-electron chi connectivity index (χ3n) is 3.58. The highest BCUT2D eigenvalue weighted by atomic mass is 32.1. The van der Waals surface area contributed by atoms with E-state index in [2.05, 4.69) is 10.3 Å². The van der Waals surface area contributed by atoms with Crippen LogP contribution >= 0.6 is 11.3 Å². The summed E-state index contributed by atoms with van der Waals surface area (Å²) < 4.78 is 0. The van der Waals surface area contributed by atoms with E-state index < -0.39 is 17.9 Å². The molecule has 6 heteroatoms. The lowest BCUT2D eigenvalue weighted by Gasteiger charge is -2.22. The zero-order chi connectivity index (χ0) is 17.0. The van der Waals surface area contributed by atoms with Crippen molar-refractivity contribution in [2.75, 3.05) is 0 Å². The maximum atomic E-state index is 12.4. The Morgan fingerprint density at radius 3 is 2.35 bits per heavy atom. The Balaban J connectivity index is 2.23. The van der Waals surface area contributed by atoms with Crippen molar-refractivity contribution >= 4 is 23.2 Å². The normalized spacial score (nSPS) is 13.6. The molecule has 5 nitrogen and oxygen atoms in total. The van der Waals surface area contributed by atoms with Crippen molar-refractivity contribution < 1.29 is 14.7 Å². The van der Waals surface area contributed by atoms with Crippen molar-refractivity contribution in [1.29, 1.82) is 0 Å². The minimum Gasteiger partial charge on any atom is -0.481 e. The molecule has 0 bridgehead atoms. The molecule has 0 fully saturated rings. The third kappa shape index (κ3) is 4.16. The van der Waals surface area contributed by atoms with Crippen molar-refractivity contribution in [3.05, 3.63) is 52.0 Å². The van der Waals surface area contributed by atoms with Gasteiger partial charge in [0.15, 0.2) is 0 Å². The van der Waals surface area contributed by atoms with E-state index in [0.717, 1.165) is 10.6 Å². The first kappa shape index (κ1) is 17.1. The summed E-state index contributed by atoms with van der Waals surface area (Å²) >= 11 is 1.44. The second kappa shape index (κ2) is 7.37. The van der Waals surface area contributed by atoms with E-state index in [-0.39, 0.29) is 11.8 Å². The standard InChI is InChI=1S/C17H20N2O3S/c1-10(2)16-18-13(9-23-16)15(20)19-14(11(3)17(21)22)12-7-5-4-6-8-12/h4-11,14H,1-3H3,(H,19,20)(H,21,22). The minimum absolute atomic E-state index is 0.254. The van der Waals surface area contributed by atoms with Crippen LogP contribution in [0.2, 0.25) is 0 Å². The lowest BCUT2D eigenvalue weighted by molar-refractivity contribution is -0.142. The Labute approximate surface area is 139 Å². The Morgan fingerprint density at radius 1 is 1.17 bits per heavy atom. The first-order chi connectivity index (χ1) is 10.9. The molecule has 2 rings (SSSR count). The number of amides is 1. The summed E-state index contributed by atoms with van der Waals surface area (Å²) in [6.45, 7) is 5.61. The molecule has 0 aliphatic rings. The fourth-order valence-electron chi connectivity index (χ4n) is 2.17. The number of nitrogens with one attached hydrogen (secondary N) is 1. The average molecular weight is 332 g/mol. The number of aliphatic carboxylic acids is 1. The molecule has 0 saturated heterocycles. The number of carboxylic acid groups (broad SMARTS) is 1. The van der Waals surface area contributed by atoms with Crippen molar-refractivity contribution in [3.8, 4) is 0 Å². The third-order valence-corrected chi connectivity index (χ3v) is 4.73. The minimum atomic E-state index is -0.958. The van der Waals surface area contributed by atoms with Crippen LogP contribution in [-0.4, -0.2) is 22.0 Å². The van der Waals surface area contributed by atoms with Crippen LogP contribution in [0.15, 0.2) is 35.7 Å². The lowest BCUT2D eigenvalue weighted by atomic mass is 9.94. The summed E-state index contributed by atoms with van der Waals surface area (Å²) in [6.07, 6.45) is 0. The molecule has 23 heavy (non-hydrogen) atoms. The van der Waals surface area contributed by atoms with Gasteiger partial charge in [-0.1, -0.05) is 44.2 Å². The number of nitrogens with zero attached hydrogens (tertiary/aromatic N) is 1. The van der Waals surface area contributed by atoms with Gasteiger partial charge in [-0.25, -0.2) is 4.98 Å². The van der Waals surface area contributed by atoms with E-state index >= 15 is 0 Å². The van der Waals surface area contributed by atoms with Crippen molar-refractivity contribution in [2.45, 2.75) is 32.7 Å². The molecule has 2 aromatic rings. The molecule has 1 aromatic carbocycles. The van der Waals surface area contributed by atoms with Gasteiger partial charge >= 0.3 is 5.97 Å². The fourth-order valence-corrected chi connectivity index (χ4v) is 2.99. The number of rotatable bonds is 6. The number of aromatic nitrogens is 1. The second-order valence-electron chi connectivity index (χ2n) is 5.71. The Kier molecular flexibility index (Phi) is 5.50. The molecule has 0 radical (unpaired) electrons. The lowest BCUT2D eigenvalue weighted by Crippen LogP contribution is -2.35. The molecular formula is C17H20N2O3S. The van der Waals surface area contributed by atoms with Crippen LogP contribution < -0.4 is 5.32 Å². The molecule has 0 aliphatic carbocycles. The summed E-state index contributed by atoms with van der Waals surface area (Å²) in [7, 11) is 0. The van der Waals surface area contributed by atoms with Gasteiger partial charge in [-0.05, 0) is 12.5 Å². The predicted octanol–water partition coefficient (Wildman–Crippen LogP) is 3.46. The topological polar surface area (TPSA) is 79.3 Å². The van der Waals surface area contributed by atoms with Gasteiger partial charge in [0.25, 0.3) is 5.91 Å². The van der Waals surface area contributed by atoms with E-state index in [9.17, 15) is 14.7 Å². The maximum Gasteiger partial charge on any atom is 0.308 e. The van der Waals surface area contributed by atoms with E-state index in [1.165, 1.54) is 11.3 Å². The Bertz CT molecular complexity index is 682. The average Bonchev–Trinajstić information content (AvgIpc) is 3.03. The SMILES string of the molecule is CC(C)c1nc(C(=O)NC(c2ccccc2)C(C)C(=O)O)cs1. The summed E-state index contributed by atoms with van der Waals surface area (Å²) in [4.78, 5) is 28.1. The molecule has 122 valence electrons. The highest BCUT2D eigenvalue weighted by Gasteiger charge is 2.27. The maximum absolute atomic E-state index is 12.4. The molecule has 0 saturated carbocycles. The van der Waals surface area contributed by atoms with Crippen LogP contribution in [0.5, 0.6) is 0 Å². The van der Waals surface area contributed by atoms with E-state index in [1.807, 2.05) is 44.2 Å². The van der Waals surface area contributed by atoms with E-state index in [4.69, 9.17) is 0 Å². The predicted molar refractivity (Wildman–Crippen MR) is 89.7 cm³/mol.